The Bertz CT molecular complexity index is 383. The number of anilines is 2. The second-order valence-corrected chi connectivity index (χ2v) is 5.90. The first kappa shape index (κ1) is 13.5. The zero-order valence-corrected chi connectivity index (χ0v) is 11.6. The van der Waals surface area contributed by atoms with Gasteiger partial charge in [-0.25, -0.2) is 0 Å². The van der Waals surface area contributed by atoms with Crippen LogP contribution in [0, 0.1) is 5.41 Å². The molecule has 1 aromatic carbocycles. The molecule has 4 heteroatoms. The zero-order chi connectivity index (χ0) is 12.5. The number of nitrogen functional groups attached to an aromatic ring is 1. The number of benzene rings is 1. The molecule has 0 aliphatic rings. The van der Waals surface area contributed by atoms with Gasteiger partial charge in [-0.05, 0) is 24.5 Å². The van der Waals surface area contributed by atoms with Crippen molar-refractivity contribution < 1.29 is 0 Å². The number of hydrogen-bond donors (Lipinski definition) is 2. The van der Waals surface area contributed by atoms with E-state index < -0.39 is 0 Å². The topological polar surface area (TPSA) is 38.0 Å². The summed E-state index contributed by atoms with van der Waals surface area (Å²) in [5, 5.41) is 4.34. The van der Waals surface area contributed by atoms with Gasteiger partial charge in [0.1, 0.15) is 0 Å². The van der Waals surface area contributed by atoms with Crippen LogP contribution in [0.3, 0.4) is 0 Å². The Morgan fingerprint density at radius 1 is 1.19 bits per heavy atom. The van der Waals surface area contributed by atoms with Crippen LogP contribution in [0.15, 0.2) is 12.1 Å². The van der Waals surface area contributed by atoms with Crippen LogP contribution in [-0.4, -0.2) is 6.04 Å². The molecule has 0 aromatic heterocycles. The van der Waals surface area contributed by atoms with Gasteiger partial charge >= 0.3 is 0 Å². The fraction of sp³-hybridized carbons (Fsp3) is 0.500. The molecule has 90 valence electrons. The number of rotatable bonds is 2. The Labute approximate surface area is 107 Å². The molecule has 0 aliphatic carbocycles. The van der Waals surface area contributed by atoms with Crippen molar-refractivity contribution in [3.8, 4) is 0 Å². The van der Waals surface area contributed by atoms with Crippen LogP contribution in [0.5, 0.6) is 0 Å². The highest BCUT2D eigenvalue weighted by molar-refractivity contribution is 6.42. The van der Waals surface area contributed by atoms with E-state index in [-0.39, 0.29) is 11.5 Å². The molecule has 1 atom stereocenters. The average Bonchev–Trinajstić information content (AvgIpc) is 2.12. The van der Waals surface area contributed by atoms with Gasteiger partial charge in [-0.1, -0.05) is 44.0 Å². The van der Waals surface area contributed by atoms with E-state index >= 15 is 0 Å². The van der Waals surface area contributed by atoms with Crippen LogP contribution in [0.2, 0.25) is 10.0 Å². The molecule has 0 aliphatic heterocycles. The fourth-order valence-electron chi connectivity index (χ4n) is 1.14. The van der Waals surface area contributed by atoms with Crippen LogP contribution >= 0.6 is 23.2 Å². The Morgan fingerprint density at radius 3 is 2.19 bits per heavy atom. The van der Waals surface area contributed by atoms with Gasteiger partial charge in [0.05, 0.1) is 21.4 Å². The van der Waals surface area contributed by atoms with Crippen LogP contribution in [0.25, 0.3) is 0 Å². The Hall–Kier alpha value is -0.600. The Balaban J connectivity index is 2.94. The van der Waals surface area contributed by atoms with E-state index in [2.05, 4.69) is 33.0 Å². The lowest BCUT2D eigenvalue weighted by Gasteiger charge is -2.29. The van der Waals surface area contributed by atoms with Crippen molar-refractivity contribution >= 4 is 34.6 Å². The first-order valence-corrected chi connectivity index (χ1v) is 5.98. The van der Waals surface area contributed by atoms with Crippen LogP contribution in [-0.2, 0) is 0 Å². The molecule has 0 bridgehead atoms. The third kappa shape index (κ3) is 3.19. The molecule has 0 saturated heterocycles. The van der Waals surface area contributed by atoms with Crippen molar-refractivity contribution in [1.29, 1.82) is 0 Å². The van der Waals surface area contributed by atoms with Crippen molar-refractivity contribution in [3.63, 3.8) is 0 Å². The molecular formula is C12H18Cl2N2. The van der Waals surface area contributed by atoms with E-state index in [4.69, 9.17) is 28.9 Å². The summed E-state index contributed by atoms with van der Waals surface area (Å²) in [6.07, 6.45) is 0. The summed E-state index contributed by atoms with van der Waals surface area (Å²) in [7, 11) is 0. The summed E-state index contributed by atoms with van der Waals surface area (Å²) < 4.78 is 0. The maximum atomic E-state index is 5.96. The van der Waals surface area contributed by atoms with Crippen molar-refractivity contribution in [3.05, 3.63) is 22.2 Å². The summed E-state index contributed by atoms with van der Waals surface area (Å²) in [5.74, 6) is 0. The minimum absolute atomic E-state index is 0.151. The van der Waals surface area contributed by atoms with Gasteiger partial charge < -0.3 is 11.1 Å². The average molecular weight is 261 g/mol. The Morgan fingerprint density at radius 2 is 1.69 bits per heavy atom. The van der Waals surface area contributed by atoms with Gasteiger partial charge in [-0.15, -0.1) is 0 Å². The van der Waals surface area contributed by atoms with Gasteiger partial charge in [0.2, 0.25) is 0 Å². The van der Waals surface area contributed by atoms with E-state index in [1.54, 1.807) is 12.1 Å². The normalized spacial score (nSPS) is 13.6. The quantitative estimate of drug-likeness (QED) is 0.773. The number of halogens is 2. The molecule has 3 N–H and O–H groups in total. The lowest BCUT2D eigenvalue weighted by molar-refractivity contribution is 0.359. The molecule has 0 saturated carbocycles. The first-order valence-electron chi connectivity index (χ1n) is 5.23. The first-order chi connectivity index (χ1) is 7.21. The molecular weight excluding hydrogens is 243 g/mol. The van der Waals surface area contributed by atoms with Crippen LogP contribution in [0.1, 0.15) is 27.7 Å². The fourth-order valence-corrected chi connectivity index (χ4v) is 1.47. The van der Waals surface area contributed by atoms with Crippen molar-refractivity contribution in [2.24, 2.45) is 5.41 Å². The third-order valence-corrected chi connectivity index (χ3v) is 3.49. The van der Waals surface area contributed by atoms with Crippen LogP contribution < -0.4 is 11.1 Å². The number of hydrogen-bond acceptors (Lipinski definition) is 2. The smallest absolute Gasteiger partial charge is 0.0614 e. The SMILES string of the molecule is CC(Nc1cc(Cl)c(Cl)cc1N)C(C)(C)C. The second kappa shape index (κ2) is 4.72. The van der Waals surface area contributed by atoms with E-state index in [1.165, 1.54) is 0 Å². The third-order valence-electron chi connectivity index (χ3n) is 2.76. The maximum Gasteiger partial charge on any atom is 0.0614 e. The van der Waals surface area contributed by atoms with Gasteiger partial charge in [0.25, 0.3) is 0 Å². The molecule has 2 nitrogen and oxygen atoms in total. The lowest BCUT2D eigenvalue weighted by atomic mass is 9.88. The molecule has 1 rings (SSSR count). The maximum absolute atomic E-state index is 5.96. The zero-order valence-electron chi connectivity index (χ0n) is 10.1. The number of nitrogens with two attached hydrogens (primary N) is 1. The molecule has 16 heavy (non-hydrogen) atoms. The van der Waals surface area contributed by atoms with E-state index in [0.717, 1.165) is 5.69 Å². The minimum atomic E-state index is 0.151. The monoisotopic (exact) mass is 260 g/mol. The largest absolute Gasteiger partial charge is 0.397 e. The molecule has 0 heterocycles. The van der Waals surface area contributed by atoms with Gasteiger partial charge in [-0.2, -0.15) is 0 Å². The summed E-state index contributed by atoms with van der Waals surface area (Å²) in [6, 6.07) is 3.72. The van der Waals surface area contributed by atoms with Gasteiger partial charge in [0.15, 0.2) is 0 Å². The summed E-state index contributed by atoms with van der Waals surface area (Å²) in [4.78, 5) is 0. The molecule has 1 unspecified atom stereocenters. The van der Waals surface area contributed by atoms with Crippen molar-refractivity contribution in [2.45, 2.75) is 33.7 Å². The second-order valence-electron chi connectivity index (χ2n) is 5.09. The van der Waals surface area contributed by atoms with E-state index in [0.29, 0.717) is 15.7 Å². The highest BCUT2D eigenvalue weighted by Crippen LogP contribution is 2.32. The molecule has 0 fully saturated rings. The highest BCUT2D eigenvalue weighted by atomic mass is 35.5. The molecule has 0 spiro atoms. The summed E-state index contributed by atoms with van der Waals surface area (Å²) in [5.41, 5.74) is 7.47. The van der Waals surface area contributed by atoms with Crippen molar-refractivity contribution in [1.82, 2.24) is 0 Å². The predicted octanol–water partition coefficient (Wildman–Crippen LogP) is 4.42. The Kier molecular flexibility index (Phi) is 3.97. The van der Waals surface area contributed by atoms with Crippen LogP contribution in [0.4, 0.5) is 11.4 Å². The van der Waals surface area contributed by atoms with E-state index in [9.17, 15) is 0 Å². The lowest BCUT2D eigenvalue weighted by Crippen LogP contribution is -2.31. The predicted molar refractivity (Wildman–Crippen MR) is 73.4 cm³/mol. The molecule has 0 amide bonds. The number of nitrogens with one attached hydrogen (secondary N) is 1. The minimum Gasteiger partial charge on any atom is -0.397 e. The summed E-state index contributed by atoms with van der Waals surface area (Å²) in [6.45, 7) is 8.61. The summed E-state index contributed by atoms with van der Waals surface area (Å²) >= 11 is 11.8. The van der Waals surface area contributed by atoms with E-state index in [1.807, 2.05) is 0 Å². The standard InChI is InChI=1S/C12H18Cl2N2/c1-7(12(2,3)4)16-11-6-9(14)8(13)5-10(11)15/h5-7,16H,15H2,1-4H3. The molecule has 1 aromatic rings. The van der Waals surface area contributed by atoms with Gasteiger partial charge in [0, 0.05) is 6.04 Å². The molecule has 0 radical (unpaired) electrons. The van der Waals surface area contributed by atoms with Crippen molar-refractivity contribution in [2.75, 3.05) is 11.1 Å². The van der Waals surface area contributed by atoms with Gasteiger partial charge in [-0.3, -0.25) is 0 Å². The highest BCUT2D eigenvalue weighted by Gasteiger charge is 2.20.